The molecule has 0 aromatic heterocycles. The number of nitrogens with one attached hydrogen (secondary N) is 1. The van der Waals surface area contributed by atoms with Crippen LogP contribution in [-0.2, 0) is 11.3 Å². The fraction of sp³-hybridized carbons (Fsp3) is 0.611. The molecule has 1 amide bonds. The summed E-state index contributed by atoms with van der Waals surface area (Å²) in [5.74, 6) is 0.327. The van der Waals surface area contributed by atoms with Gasteiger partial charge in [0.15, 0.2) is 0 Å². The summed E-state index contributed by atoms with van der Waals surface area (Å²) in [6.45, 7) is 8.95. The summed E-state index contributed by atoms with van der Waals surface area (Å²) in [6.07, 6.45) is 2.87. The second kappa shape index (κ2) is 7.08. The molecule has 1 aromatic carbocycles. The molecule has 116 valence electrons. The highest BCUT2D eigenvalue weighted by molar-refractivity contribution is 5.83. The zero-order valence-electron chi connectivity index (χ0n) is 13.6. The molecule has 1 fully saturated rings. The van der Waals surface area contributed by atoms with Crippen LogP contribution in [0.4, 0.5) is 0 Å². The number of nitrogens with zero attached hydrogens (tertiary/aromatic N) is 1. The van der Waals surface area contributed by atoms with Crippen molar-refractivity contribution in [3.8, 4) is 0 Å². The van der Waals surface area contributed by atoms with Gasteiger partial charge in [-0.3, -0.25) is 4.79 Å². The Kier molecular flexibility index (Phi) is 5.40. The maximum Gasteiger partial charge on any atom is 0.230 e. The van der Waals surface area contributed by atoms with Crippen LogP contribution < -0.4 is 5.32 Å². The lowest BCUT2D eigenvalue weighted by atomic mass is 9.82. The first kappa shape index (κ1) is 16.0. The first-order valence-electron chi connectivity index (χ1n) is 8.18. The molecule has 1 heterocycles. The van der Waals surface area contributed by atoms with Gasteiger partial charge in [0, 0.05) is 19.1 Å². The predicted octanol–water partition coefficient (Wildman–Crippen LogP) is 3.20. The van der Waals surface area contributed by atoms with Crippen molar-refractivity contribution in [2.45, 2.75) is 52.6 Å². The Morgan fingerprint density at radius 1 is 1.33 bits per heavy atom. The molecule has 1 saturated heterocycles. The first-order valence-corrected chi connectivity index (χ1v) is 8.18. The third kappa shape index (κ3) is 3.46. The molecule has 1 aliphatic heterocycles. The van der Waals surface area contributed by atoms with Gasteiger partial charge in [0.2, 0.25) is 5.91 Å². The summed E-state index contributed by atoms with van der Waals surface area (Å²) in [5.41, 5.74) is 1.02. The van der Waals surface area contributed by atoms with E-state index in [1.807, 2.05) is 18.2 Å². The van der Waals surface area contributed by atoms with Gasteiger partial charge in [-0.25, -0.2) is 0 Å². The van der Waals surface area contributed by atoms with Gasteiger partial charge in [0.1, 0.15) is 0 Å². The van der Waals surface area contributed by atoms with Crippen molar-refractivity contribution in [3.05, 3.63) is 35.9 Å². The van der Waals surface area contributed by atoms with Gasteiger partial charge in [-0.1, -0.05) is 44.2 Å². The molecule has 1 aromatic rings. The average molecular weight is 288 g/mol. The normalized spacial score (nSPS) is 23.0. The predicted molar refractivity (Wildman–Crippen MR) is 87.0 cm³/mol. The summed E-state index contributed by atoms with van der Waals surface area (Å²) in [5, 5.41) is 3.37. The molecule has 0 bridgehead atoms. The molecule has 2 unspecified atom stereocenters. The molecular weight excluding hydrogens is 260 g/mol. The van der Waals surface area contributed by atoms with E-state index in [9.17, 15) is 4.79 Å². The van der Waals surface area contributed by atoms with Gasteiger partial charge in [-0.2, -0.15) is 0 Å². The molecule has 0 radical (unpaired) electrons. The summed E-state index contributed by atoms with van der Waals surface area (Å²) in [7, 11) is 0. The third-order valence-corrected chi connectivity index (χ3v) is 4.95. The van der Waals surface area contributed by atoms with Crippen LogP contribution in [0.5, 0.6) is 0 Å². The van der Waals surface area contributed by atoms with Crippen molar-refractivity contribution in [2.24, 2.45) is 5.41 Å². The minimum atomic E-state index is -0.196. The van der Waals surface area contributed by atoms with Crippen molar-refractivity contribution in [3.63, 3.8) is 0 Å². The number of rotatable bonds is 6. The van der Waals surface area contributed by atoms with E-state index in [2.05, 4.69) is 43.1 Å². The van der Waals surface area contributed by atoms with Crippen molar-refractivity contribution in [1.29, 1.82) is 0 Å². The quantitative estimate of drug-likeness (QED) is 0.872. The summed E-state index contributed by atoms with van der Waals surface area (Å²) < 4.78 is 0. The van der Waals surface area contributed by atoms with E-state index >= 15 is 0 Å². The van der Waals surface area contributed by atoms with Crippen LogP contribution in [0.25, 0.3) is 0 Å². The van der Waals surface area contributed by atoms with E-state index in [-0.39, 0.29) is 11.5 Å². The smallest absolute Gasteiger partial charge is 0.230 e. The minimum absolute atomic E-state index is 0.196. The van der Waals surface area contributed by atoms with E-state index in [4.69, 9.17) is 0 Å². The van der Waals surface area contributed by atoms with E-state index in [0.29, 0.717) is 5.91 Å². The molecule has 1 aliphatic rings. The highest BCUT2D eigenvalue weighted by Crippen LogP contribution is 2.33. The molecule has 21 heavy (non-hydrogen) atoms. The fourth-order valence-electron chi connectivity index (χ4n) is 3.11. The average Bonchev–Trinajstić information content (AvgIpc) is 3.02. The molecular formula is C18H28N2O. The Hall–Kier alpha value is -1.35. The Bertz CT molecular complexity index is 452. The van der Waals surface area contributed by atoms with Gasteiger partial charge in [-0.15, -0.1) is 0 Å². The lowest BCUT2D eigenvalue weighted by Crippen LogP contribution is -2.48. The van der Waals surface area contributed by atoms with Crippen molar-refractivity contribution < 1.29 is 4.79 Å². The van der Waals surface area contributed by atoms with Gasteiger partial charge in [0.25, 0.3) is 0 Å². The summed E-state index contributed by atoms with van der Waals surface area (Å²) >= 11 is 0. The highest BCUT2D eigenvalue weighted by atomic mass is 16.2. The van der Waals surface area contributed by atoms with Crippen LogP contribution in [0, 0.1) is 5.41 Å². The lowest BCUT2D eigenvalue weighted by molar-refractivity contribution is -0.144. The number of amides is 1. The number of carbonyl (C=O) groups is 1. The number of hydrogen-bond acceptors (Lipinski definition) is 2. The molecule has 2 rings (SSSR count). The van der Waals surface area contributed by atoms with Crippen LogP contribution in [0.3, 0.4) is 0 Å². The maximum absolute atomic E-state index is 13.2. The van der Waals surface area contributed by atoms with E-state index in [0.717, 1.165) is 38.9 Å². The molecule has 0 aliphatic carbocycles. The number of hydrogen-bond donors (Lipinski definition) is 1. The van der Waals surface area contributed by atoms with Gasteiger partial charge in [-0.05, 0) is 38.3 Å². The van der Waals surface area contributed by atoms with E-state index < -0.39 is 0 Å². The highest BCUT2D eigenvalue weighted by Gasteiger charge is 2.42. The molecule has 2 atom stereocenters. The monoisotopic (exact) mass is 288 g/mol. The Morgan fingerprint density at radius 2 is 2.05 bits per heavy atom. The summed E-state index contributed by atoms with van der Waals surface area (Å²) in [4.78, 5) is 15.3. The minimum Gasteiger partial charge on any atom is -0.335 e. The van der Waals surface area contributed by atoms with Gasteiger partial charge < -0.3 is 10.2 Å². The van der Waals surface area contributed by atoms with Crippen LogP contribution in [-0.4, -0.2) is 29.9 Å². The van der Waals surface area contributed by atoms with Crippen molar-refractivity contribution >= 4 is 5.91 Å². The number of carbonyl (C=O) groups excluding carboxylic acids is 1. The Morgan fingerprint density at radius 3 is 2.57 bits per heavy atom. The third-order valence-electron chi connectivity index (χ3n) is 4.95. The maximum atomic E-state index is 13.2. The topological polar surface area (TPSA) is 32.3 Å². The molecule has 3 nitrogen and oxygen atoms in total. The first-order chi connectivity index (χ1) is 10.1. The van der Waals surface area contributed by atoms with Crippen LogP contribution in [0.2, 0.25) is 0 Å². The SMILES string of the molecule is CCC(C)N(Cc1ccccc1)C(=O)C1(CC)CCNC1. The number of benzene rings is 1. The van der Waals surface area contributed by atoms with Crippen LogP contribution in [0.15, 0.2) is 30.3 Å². The molecule has 0 saturated carbocycles. The summed E-state index contributed by atoms with van der Waals surface area (Å²) in [6, 6.07) is 10.6. The van der Waals surface area contributed by atoms with Crippen molar-refractivity contribution in [1.82, 2.24) is 10.2 Å². The largest absolute Gasteiger partial charge is 0.335 e. The van der Waals surface area contributed by atoms with E-state index in [1.54, 1.807) is 0 Å². The zero-order valence-corrected chi connectivity index (χ0v) is 13.6. The second-order valence-corrected chi connectivity index (χ2v) is 6.24. The van der Waals surface area contributed by atoms with Gasteiger partial charge in [0.05, 0.1) is 5.41 Å². The zero-order chi connectivity index (χ0) is 15.3. The van der Waals surface area contributed by atoms with Crippen molar-refractivity contribution in [2.75, 3.05) is 13.1 Å². The van der Waals surface area contributed by atoms with E-state index in [1.165, 1.54) is 5.56 Å². The fourth-order valence-corrected chi connectivity index (χ4v) is 3.11. The van der Waals surface area contributed by atoms with Gasteiger partial charge >= 0.3 is 0 Å². The lowest BCUT2D eigenvalue weighted by Gasteiger charge is -2.37. The molecule has 3 heteroatoms. The molecule has 0 spiro atoms. The second-order valence-electron chi connectivity index (χ2n) is 6.24. The Balaban J connectivity index is 2.21. The van der Waals surface area contributed by atoms with Crippen LogP contribution in [0.1, 0.15) is 45.6 Å². The Labute approximate surface area is 128 Å². The standard InChI is InChI=1S/C18H28N2O/c1-4-15(3)20(13-16-9-7-6-8-10-16)17(21)18(5-2)11-12-19-14-18/h6-10,15,19H,4-5,11-14H2,1-3H3. The molecule has 1 N–H and O–H groups in total. The van der Waals surface area contributed by atoms with Crippen LogP contribution >= 0.6 is 0 Å².